The van der Waals surface area contributed by atoms with Crippen molar-refractivity contribution in [3.63, 3.8) is 0 Å². The third-order valence-corrected chi connectivity index (χ3v) is 3.75. The summed E-state index contributed by atoms with van der Waals surface area (Å²) >= 11 is 0. The van der Waals surface area contributed by atoms with Crippen LogP contribution in [-0.2, 0) is 0 Å². The molecule has 6 nitrogen and oxygen atoms in total. The van der Waals surface area contributed by atoms with Gasteiger partial charge in [0.2, 0.25) is 0 Å². The third kappa shape index (κ3) is 6.36. The number of benzene rings is 2. The first kappa shape index (κ1) is 19.8. The Morgan fingerprint density at radius 3 is 1.96 bits per heavy atom. The highest BCUT2D eigenvalue weighted by molar-refractivity contribution is 5.57. The maximum atomic E-state index is 5.81. The molecule has 4 aromatic rings. The smallest absolute Gasteiger partial charge is 0.0995 e. The van der Waals surface area contributed by atoms with Gasteiger partial charge in [0.05, 0.1) is 29.7 Å². The molecule has 4 rings (SSSR count). The van der Waals surface area contributed by atoms with Gasteiger partial charge >= 0.3 is 0 Å². The number of aromatic nitrogens is 4. The molecule has 0 aliphatic heterocycles. The number of aryl methyl sites for hydroxylation is 3. The zero-order valence-electron chi connectivity index (χ0n) is 15.9. The Hall–Kier alpha value is -3.54. The summed E-state index contributed by atoms with van der Waals surface area (Å²) in [7, 11) is 0. The van der Waals surface area contributed by atoms with E-state index in [4.69, 9.17) is 11.5 Å². The molecule has 5 N–H and O–H groups in total. The van der Waals surface area contributed by atoms with Crippen molar-refractivity contribution in [3.05, 3.63) is 90.5 Å². The number of hydrogen-bond acceptors (Lipinski definition) is 4. The molecular weight excluding hydrogens is 336 g/mol. The summed E-state index contributed by atoms with van der Waals surface area (Å²) in [5, 5.41) is 0. The SMILES string of the molecule is Cc1ccccc1N.Cc1cn(-c2ccccc2N)cn1.Cc1cnc[nH]1. The molecule has 2 aromatic carbocycles. The number of H-pyrrole nitrogens is 1. The number of anilines is 2. The number of imidazole rings is 2. The van der Waals surface area contributed by atoms with Crippen LogP contribution < -0.4 is 11.5 Å². The van der Waals surface area contributed by atoms with Crippen molar-refractivity contribution < 1.29 is 0 Å². The zero-order valence-corrected chi connectivity index (χ0v) is 15.9. The number of nitrogens with zero attached hydrogens (tertiary/aromatic N) is 3. The van der Waals surface area contributed by atoms with E-state index < -0.39 is 0 Å². The van der Waals surface area contributed by atoms with Gasteiger partial charge in [0.1, 0.15) is 0 Å². The molecule has 0 amide bonds. The van der Waals surface area contributed by atoms with E-state index in [0.29, 0.717) is 0 Å². The summed E-state index contributed by atoms with van der Waals surface area (Å²) in [6, 6.07) is 15.5. The highest BCUT2D eigenvalue weighted by Crippen LogP contribution is 2.15. The maximum Gasteiger partial charge on any atom is 0.0995 e. The molecule has 0 bridgehead atoms. The predicted molar refractivity (Wildman–Crippen MR) is 112 cm³/mol. The van der Waals surface area contributed by atoms with Crippen LogP contribution in [0.25, 0.3) is 5.69 Å². The van der Waals surface area contributed by atoms with Crippen LogP contribution in [0.3, 0.4) is 0 Å². The van der Waals surface area contributed by atoms with Crippen LogP contribution in [0.5, 0.6) is 0 Å². The average molecular weight is 362 g/mol. The molecule has 0 saturated carbocycles. The molecule has 0 aliphatic rings. The van der Waals surface area contributed by atoms with Crippen molar-refractivity contribution in [2.24, 2.45) is 0 Å². The number of aromatic amines is 1. The Bertz CT molecular complexity index is 920. The quantitative estimate of drug-likeness (QED) is 0.445. The summed E-state index contributed by atoms with van der Waals surface area (Å²) in [5.74, 6) is 0. The standard InChI is InChI=1S/C10H11N3.C7H9N.C4H6N2/c1-8-6-13(7-12-8)10-5-3-2-4-9(10)11;1-6-4-2-3-5-7(6)8;1-4-2-5-3-6-4/h2-7H,11H2,1H3;2-5H,8H2,1H3;2-3H,1H3,(H,5,6). The molecule has 27 heavy (non-hydrogen) atoms. The van der Waals surface area contributed by atoms with Crippen molar-refractivity contribution in [3.8, 4) is 5.69 Å². The van der Waals surface area contributed by atoms with Gasteiger partial charge in [0.15, 0.2) is 0 Å². The lowest BCUT2D eigenvalue weighted by molar-refractivity contribution is 1.06. The van der Waals surface area contributed by atoms with E-state index in [2.05, 4.69) is 15.0 Å². The lowest BCUT2D eigenvalue weighted by atomic mass is 10.2. The largest absolute Gasteiger partial charge is 0.399 e. The number of nitrogen functional groups attached to an aromatic ring is 2. The van der Waals surface area contributed by atoms with Crippen LogP contribution in [0, 0.1) is 20.8 Å². The van der Waals surface area contributed by atoms with Gasteiger partial charge in [-0.2, -0.15) is 0 Å². The minimum Gasteiger partial charge on any atom is -0.399 e. The molecule has 140 valence electrons. The Balaban J connectivity index is 0.000000159. The van der Waals surface area contributed by atoms with Crippen LogP contribution in [0.15, 0.2) is 73.6 Å². The Kier molecular flexibility index (Phi) is 7.19. The van der Waals surface area contributed by atoms with Gasteiger partial charge in [-0.05, 0) is 44.5 Å². The van der Waals surface area contributed by atoms with Crippen molar-refractivity contribution in [1.82, 2.24) is 19.5 Å². The number of para-hydroxylation sites is 3. The predicted octanol–water partition coefficient (Wildman–Crippen LogP) is 4.06. The highest BCUT2D eigenvalue weighted by Gasteiger charge is 1.99. The van der Waals surface area contributed by atoms with Gasteiger partial charge in [-0.1, -0.05) is 30.3 Å². The van der Waals surface area contributed by atoms with E-state index in [1.165, 1.54) is 0 Å². The Morgan fingerprint density at radius 2 is 1.56 bits per heavy atom. The molecule has 2 heterocycles. The zero-order chi connectivity index (χ0) is 19.6. The molecule has 2 aromatic heterocycles. The minimum absolute atomic E-state index is 0.764. The first-order valence-corrected chi connectivity index (χ1v) is 8.59. The number of nitrogens with two attached hydrogens (primary N) is 2. The fraction of sp³-hybridized carbons (Fsp3) is 0.143. The van der Waals surface area contributed by atoms with Crippen LogP contribution >= 0.6 is 0 Å². The molecule has 0 saturated heterocycles. The van der Waals surface area contributed by atoms with E-state index >= 15 is 0 Å². The van der Waals surface area contributed by atoms with Crippen LogP contribution in [0.2, 0.25) is 0 Å². The van der Waals surface area contributed by atoms with Crippen molar-refractivity contribution in [2.75, 3.05) is 11.5 Å². The second-order valence-corrected chi connectivity index (χ2v) is 6.07. The summed E-state index contributed by atoms with van der Waals surface area (Å²) < 4.78 is 1.92. The summed E-state index contributed by atoms with van der Waals surface area (Å²) in [6.45, 7) is 5.91. The summed E-state index contributed by atoms with van der Waals surface area (Å²) in [6.07, 6.45) is 7.15. The number of nitrogens with one attached hydrogen (secondary N) is 1. The van der Waals surface area contributed by atoms with E-state index in [1.54, 1.807) is 18.9 Å². The van der Waals surface area contributed by atoms with Crippen molar-refractivity contribution in [2.45, 2.75) is 20.8 Å². The van der Waals surface area contributed by atoms with Gasteiger partial charge in [0.25, 0.3) is 0 Å². The Morgan fingerprint density at radius 1 is 0.889 bits per heavy atom. The number of hydrogen-bond donors (Lipinski definition) is 3. The highest BCUT2D eigenvalue weighted by atomic mass is 15.0. The molecule has 0 aliphatic carbocycles. The minimum atomic E-state index is 0.764. The van der Waals surface area contributed by atoms with Gasteiger partial charge in [0, 0.05) is 23.8 Å². The molecule has 0 radical (unpaired) electrons. The normalized spacial score (nSPS) is 9.59. The molecule has 0 atom stereocenters. The van der Waals surface area contributed by atoms with Crippen LogP contribution in [0.4, 0.5) is 11.4 Å². The summed E-state index contributed by atoms with van der Waals surface area (Å²) in [4.78, 5) is 10.8. The Labute approximate surface area is 159 Å². The van der Waals surface area contributed by atoms with Crippen molar-refractivity contribution >= 4 is 11.4 Å². The van der Waals surface area contributed by atoms with E-state index in [9.17, 15) is 0 Å². The van der Waals surface area contributed by atoms with Crippen LogP contribution in [0.1, 0.15) is 17.0 Å². The molecule has 6 heteroatoms. The lowest BCUT2D eigenvalue weighted by Crippen LogP contribution is -1.96. The fourth-order valence-corrected chi connectivity index (χ4v) is 2.19. The molecule has 0 unspecified atom stereocenters. The second kappa shape index (κ2) is 9.82. The van der Waals surface area contributed by atoms with Crippen molar-refractivity contribution in [1.29, 1.82) is 0 Å². The van der Waals surface area contributed by atoms with Gasteiger partial charge in [-0.15, -0.1) is 0 Å². The van der Waals surface area contributed by atoms with Gasteiger partial charge < -0.3 is 21.0 Å². The van der Waals surface area contributed by atoms with Gasteiger partial charge in [-0.25, -0.2) is 9.97 Å². The molecular formula is C21H26N6. The third-order valence-electron chi connectivity index (χ3n) is 3.75. The fourth-order valence-electron chi connectivity index (χ4n) is 2.19. The van der Waals surface area contributed by atoms with E-state index in [-0.39, 0.29) is 0 Å². The number of rotatable bonds is 1. The second-order valence-electron chi connectivity index (χ2n) is 6.07. The topological polar surface area (TPSA) is 98.5 Å². The molecule has 0 spiro atoms. The van der Waals surface area contributed by atoms with E-state index in [1.807, 2.05) is 80.1 Å². The summed E-state index contributed by atoms with van der Waals surface area (Å²) in [5.41, 5.74) is 17.2. The molecule has 0 fully saturated rings. The van der Waals surface area contributed by atoms with Gasteiger partial charge in [-0.3, -0.25) is 0 Å². The van der Waals surface area contributed by atoms with Crippen LogP contribution in [-0.4, -0.2) is 19.5 Å². The average Bonchev–Trinajstić information content (AvgIpc) is 3.30. The first-order valence-electron chi connectivity index (χ1n) is 8.59. The lowest BCUT2D eigenvalue weighted by Gasteiger charge is -2.04. The first-order chi connectivity index (χ1) is 13.0. The monoisotopic (exact) mass is 362 g/mol. The van der Waals surface area contributed by atoms with E-state index in [0.717, 1.165) is 34.0 Å². The maximum absolute atomic E-state index is 5.81.